The molecule has 49 heavy (non-hydrogen) atoms. The van der Waals surface area contributed by atoms with E-state index in [0.717, 1.165) is 0 Å². The Kier molecular flexibility index (Phi) is 10.9. The maximum absolute atomic E-state index is 13.7. The summed E-state index contributed by atoms with van der Waals surface area (Å²) in [4.78, 5) is 0. The molecule has 0 amide bonds. The van der Waals surface area contributed by atoms with Crippen molar-refractivity contribution in [3.8, 4) is 0 Å². The highest BCUT2D eigenvalue weighted by Crippen LogP contribution is 2.69. The molecule has 0 aromatic rings. The topological polar surface area (TPSA) is 63.6 Å². The molecule has 0 aliphatic heterocycles. The van der Waals surface area contributed by atoms with Crippen LogP contribution in [-0.4, -0.2) is 102 Å². The minimum absolute atomic E-state index is 1.77. The molecule has 0 aliphatic carbocycles. The molecule has 0 saturated carbocycles. The number of alkyl halides is 29. The maximum atomic E-state index is 13.7. The lowest BCUT2D eigenvalue weighted by Crippen LogP contribution is -2.79. The summed E-state index contributed by atoms with van der Waals surface area (Å²) in [5, 5.41) is -8.34. The summed E-state index contributed by atoms with van der Waals surface area (Å²) >= 11 is 0. The van der Waals surface area contributed by atoms with E-state index in [1.165, 1.54) is 0 Å². The highest BCUT2D eigenvalue weighted by molar-refractivity contribution is 7.87. The Hall–Kier alpha value is -2.16. The van der Waals surface area contributed by atoms with Gasteiger partial charge < -0.3 is 0 Å². The van der Waals surface area contributed by atoms with Crippen molar-refractivity contribution in [2.45, 2.75) is 82.4 Å². The third-order valence-electron chi connectivity index (χ3n) is 5.63. The van der Waals surface area contributed by atoms with Gasteiger partial charge in [0.15, 0.2) is 6.86 Å². The van der Waals surface area contributed by atoms with Gasteiger partial charge in [-0.3, -0.25) is 9.29 Å². The van der Waals surface area contributed by atoms with Crippen molar-refractivity contribution in [1.82, 2.24) is 0 Å². The molecule has 0 bridgehead atoms. The van der Waals surface area contributed by atoms with Gasteiger partial charge in [-0.1, -0.05) is 0 Å². The predicted octanol–water partition coefficient (Wildman–Crippen LogP) is 8.63. The second-order valence-corrected chi connectivity index (χ2v) is 10.1. The molecule has 0 rings (SSSR count). The first kappa shape index (κ1) is 46.8. The monoisotopic (exact) mass is 830 g/mol. The summed E-state index contributed by atoms with van der Waals surface area (Å²) in [6, 6.07) is 0. The second kappa shape index (κ2) is 11.4. The van der Waals surface area contributed by atoms with Gasteiger partial charge in [0.2, 0.25) is 0 Å². The molecule has 0 fully saturated rings. The highest BCUT2D eigenvalue weighted by Gasteiger charge is 3.01. The molecule has 0 aliphatic rings. The lowest BCUT2D eigenvalue weighted by molar-refractivity contribution is -0.491. The smallest absolute Gasteiger partial charge is 0.283 e. The van der Waals surface area contributed by atoms with Crippen molar-refractivity contribution < 1.29 is 145 Å². The molecule has 0 spiro atoms. The minimum atomic E-state index is -10.1. The van der Waals surface area contributed by atoms with Crippen LogP contribution in [0.1, 0.15) is 0 Å². The molecular formula is C15H3F29O4S. The Bertz CT molecular complexity index is 1330. The van der Waals surface area contributed by atoms with E-state index in [0.29, 0.717) is 0 Å². The third-order valence-corrected chi connectivity index (χ3v) is 6.53. The van der Waals surface area contributed by atoms with Crippen LogP contribution < -0.4 is 0 Å². The van der Waals surface area contributed by atoms with Crippen molar-refractivity contribution in [3.63, 3.8) is 0 Å². The first-order chi connectivity index (χ1) is 20.6. The minimum Gasteiger partial charge on any atom is -0.283 e. The van der Waals surface area contributed by atoms with Crippen LogP contribution in [0.25, 0.3) is 0 Å². The Labute approximate surface area is 245 Å². The molecule has 0 aromatic carbocycles. The number of halogens is 29. The molecule has 34 heteroatoms. The number of hydrogen-bond acceptors (Lipinski definition) is 3. The van der Waals surface area contributed by atoms with E-state index in [9.17, 15) is 136 Å². The lowest BCUT2D eigenvalue weighted by atomic mass is 9.84. The Morgan fingerprint density at radius 3 is 0.673 bits per heavy atom. The fourth-order valence-electron chi connectivity index (χ4n) is 2.66. The summed E-state index contributed by atoms with van der Waals surface area (Å²) < 4.78 is 419. The first-order valence-corrected chi connectivity index (χ1v) is 11.5. The third kappa shape index (κ3) is 5.39. The van der Waals surface area contributed by atoms with Crippen LogP contribution in [0.4, 0.5) is 127 Å². The predicted molar refractivity (Wildman–Crippen MR) is 87.9 cm³/mol. The van der Waals surface area contributed by atoms with Crippen molar-refractivity contribution in [1.29, 1.82) is 0 Å². The molecule has 0 heterocycles. The zero-order valence-electron chi connectivity index (χ0n) is 20.7. The van der Waals surface area contributed by atoms with Crippen LogP contribution in [0.15, 0.2) is 0 Å². The van der Waals surface area contributed by atoms with Crippen LogP contribution in [0.2, 0.25) is 0 Å². The van der Waals surface area contributed by atoms with Gasteiger partial charge in [-0.15, -0.1) is 0 Å². The van der Waals surface area contributed by atoms with E-state index in [-0.39, 0.29) is 0 Å². The summed E-state index contributed by atoms with van der Waals surface area (Å²) in [6.07, 6.45) is -7.66. The van der Waals surface area contributed by atoms with E-state index in [4.69, 9.17) is 4.55 Å². The average Bonchev–Trinajstić information content (AvgIpc) is 2.86. The van der Waals surface area contributed by atoms with Gasteiger partial charge in [-0.2, -0.15) is 131 Å². The van der Waals surface area contributed by atoms with Crippen LogP contribution in [-0.2, 0) is 14.9 Å². The summed E-state index contributed by atoms with van der Waals surface area (Å²) in [7, 11) is -8.36. The zero-order valence-corrected chi connectivity index (χ0v) is 21.6. The van der Waals surface area contributed by atoms with Crippen LogP contribution >= 0.6 is 0 Å². The Morgan fingerprint density at radius 1 is 0.347 bits per heavy atom. The summed E-state index contributed by atoms with van der Waals surface area (Å²) in [5.41, 5.74) is 0. The van der Waals surface area contributed by atoms with Gasteiger partial charge in [0.05, 0.1) is 0 Å². The number of hydrogen-bond donors (Lipinski definition) is 1. The quantitative estimate of drug-likeness (QED) is 0.125. The Balaban J connectivity index is 7.66. The standard InChI is InChI=1S/C15H3F29O4S/c16-1-48-14(41,42)12(37,38)10(33,34)8(29,30)6(25,26)4(21,22)2(17,18)3(19,20)5(23,24)7(27,28)9(31,32)11(35,36)13(39,40)15(43,44)49(45,46)47/h1H2,(H,45,46,47). The van der Waals surface area contributed by atoms with Gasteiger partial charge in [0.25, 0.3) is 0 Å². The van der Waals surface area contributed by atoms with E-state index >= 15 is 0 Å². The summed E-state index contributed by atoms with van der Waals surface area (Å²) in [6.45, 7) is -3.53. The molecule has 4 nitrogen and oxygen atoms in total. The Morgan fingerprint density at radius 2 is 0.510 bits per heavy atom. The van der Waals surface area contributed by atoms with E-state index in [1.54, 1.807) is 4.74 Å². The molecule has 0 aromatic heterocycles. The van der Waals surface area contributed by atoms with Gasteiger partial charge in [0.1, 0.15) is 0 Å². The van der Waals surface area contributed by atoms with E-state index in [1.807, 2.05) is 0 Å². The molecule has 0 saturated heterocycles. The maximum Gasteiger partial charge on any atom is 0.438 e. The number of ether oxygens (including phenoxy) is 1. The molecule has 0 unspecified atom stereocenters. The highest BCUT2D eigenvalue weighted by atomic mass is 32.2. The van der Waals surface area contributed by atoms with Crippen molar-refractivity contribution in [3.05, 3.63) is 0 Å². The molecule has 296 valence electrons. The van der Waals surface area contributed by atoms with Gasteiger partial charge in [-0.25, -0.2) is 4.39 Å². The van der Waals surface area contributed by atoms with Gasteiger partial charge in [-0.05, 0) is 0 Å². The largest absolute Gasteiger partial charge is 0.438 e. The van der Waals surface area contributed by atoms with Crippen molar-refractivity contribution in [2.75, 3.05) is 6.86 Å². The molecular weight excluding hydrogens is 827 g/mol. The van der Waals surface area contributed by atoms with E-state index < -0.39 is 99.4 Å². The first-order valence-electron chi connectivity index (χ1n) is 10.0. The second-order valence-electron chi connectivity index (χ2n) is 8.65. The normalized spacial score (nSPS) is 17.1. The van der Waals surface area contributed by atoms with Gasteiger partial charge >= 0.3 is 92.6 Å². The van der Waals surface area contributed by atoms with Crippen molar-refractivity contribution in [2.24, 2.45) is 0 Å². The fourth-order valence-corrected chi connectivity index (χ4v) is 3.11. The van der Waals surface area contributed by atoms with Crippen LogP contribution in [0, 0.1) is 0 Å². The SMILES string of the molecule is O=S(=O)(O)C(F)(F)C(F)(F)C(F)(F)C(F)(F)C(F)(F)C(F)(F)C(F)(F)C(F)(F)C(F)(F)C(F)(F)C(F)(F)C(F)(F)C(F)(F)C(F)(F)OCF. The molecule has 1 N–H and O–H groups in total. The molecule has 0 atom stereocenters. The van der Waals surface area contributed by atoms with Crippen LogP contribution in [0.5, 0.6) is 0 Å². The van der Waals surface area contributed by atoms with E-state index in [2.05, 4.69) is 0 Å². The molecule has 0 radical (unpaired) electrons. The fraction of sp³-hybridized carbons (Fsp3) is 1.00. The average molecular weight is 830 g/mol. The lowest BCUT2D eigenvalue weighted by Gasteiger charge is -2.46. The summed E-state index contributed by atoms with van der Waals surface area (Å²) in [5.74, 6) is -116. The zero-order chi connectivity index (χ0) is 40.9. The number of rotatable bonds is 16. The van der Waals surface area contributed by atoms with Crippen molar-refractivity contribution >= 4 is 10.1 Å². The van der Waals surface area contributed by atoms with Crippen LogP contribution in [0.3, 0.4) is 0 Å². The van der Waals surface area contributed by atoms with Gasteiger partial charge in [0, 0.05) is 0 Å².